The van der Waals surface area contributed by atoms with Crippen molar-refractivity contribution in [3.05, 3.63) is 58.4 Å². The average Bonchev–Trinajstić information content (AvgIpc) is 2.83. The van der Waals surface area contributed by atoms with Crippen molar-refractivity contribution in [3.8, 4) is 0 Å². The van der Waals surface area contributed by atoms with E-state index in [2.05, 4.69) is 4.98 Å². The molecular weight excluding hydrogens is 290 g/mol. The van der Waals surface area contributed by atoms with Crippen molar-refractivity contribution in [1.82, 2.24) is 4.98 Å². The van der Waals surface area contributed by atoms with Crippen molar-refractivity contribution in [3.63, 3.8) is 0 Å². The Bertz CT molecular complexity index is 769. The summed E-state index contributed by atoms with van der Waals surface area (Å²) in [7, 11) is 0. The number of aliphatic carboxylic acids is 1. The molecule has 0 aliphatic heterocycles. The first-order chi connectivity index (χ1) is 10.9. The number of aromatic nitrogens is 1. The molecule has 0 amide bonds. The Labute approximate surface area is 135 Å². The van der Waals surface area contributed by atoms with Gasteiger partial charge in [0.1, 0.15) is 0 Å². The van der Waals surface area contributed by atoms with Gasteiger partial charge in [-0.1, -0.05) is 24.3 Å². The topological polar surface area (TPSA) is 70.2 Å². The fourth-order valence-corrected chi connectivity index (χ4v) is 2.65. The monoisotopic (exact) mass is 311 g/mol. The van der Waals surface area contributed by atoms with E-state index in [1.54, 1.807) is 6.92 Å². The minimum atomic E-state index is -0.828. The van der Waals surface area contributed by atoms with Crippen molar-refractivity contribution in [2.45, 2.75) is 33.6 Å². The maximum atomic E-state index is 12.1. The summed E-state index contributed by atoms with van der Waals surface area (Å²) in [5.74, 6) is -0.845. The lowest BCUT2D eigenvalue weighted by Crippen LogP contribution is -2.01. The molecule has 0 radical (unpaired) electrons. The molecular formula is C19H21NO3. The van der Waals surface area contributed by atoms with E-state index in [4.69, 9.17) is 5.11 Å². The molecule has 1 aromatic carbocycles. The molecule has 0 spiro atoms. The molecule has 2 N–H and O–H groups in total. The minimum Gasteiger partial charge on any atom is -0.481 e. The van der Waals surface area contributed by atoms with Crippen LogP contribution in [0.4, 0.5) is 0 Å². The Kier molecular flexibility index (Phi) is 5.16. The van der Waals surface area contributed by atoms with Gasteiger partial charge in [-0.25, -0.2) is 0 Å². The van der Waals surface area contributed by atoms with Crippen LogP contribution in [0.3, 0.4) is 0 Å². The SMILES string of the molecule is CC(=O)/C(=C\c1[nH]cc(C)c1CCC(=O)O)c1ccccc1C. The van der Waals surface area contributed by atoms with Crippen molar-refractivity contribution in [2.24, 2.45) is 0 Å². The molecule has 4 nitrogen and oxygen atoms in total. The van der Waals surface area contributed by atoms with Gasteiger partial charge in [-0.2, -0.15) is 0 Å². The normalized spacial score (nSPS) is 11.5. The summed E-state index contributed by atoms with van der Waals surface area (Å²) in [6.45, 7) is 5.45. The predicted molar refractivity (Wildman–Crippen MR) is 91.2 cm³/mol. The second kappa shape index (κ2) is 7.09. The zero-order valence-electron chi connectivity index (χ0n) is 13.6. The number of benzene rings is 1. The molecule has 0 atom stereocenters. The number of hydrogen-bond acceptors (Lipinski definition) is 2. The number of aryl methyl sites for hydroxylation is 2. The highest BCUT2D eigenvalue weighted by atomic mass is 16.4. The summed E-state index contributed by atoms with van der Waals surface area (Å²) in [5, 5.41) is 8.90. The fourth-order valence-electron chi connectivity index (χ4n) is 2.65. The number of rotatable bonds is 6. The van der Waals surface area contributed by atoms with E-state index in [9.17, 15) is 9.59 Å². The third kappa shape index (κ3) is 3.97. The molecule has 0 bridgehead atoms. The maximum Gasteiger partial charge on any atom is 0.303 e. The standard InChI is InChI=1S/C19H21NO3/c1-12-6-4-5-7-15(12)17(14(3)21)10-18-16(8-9-19(22)23)13(2)11-20-18/h4-7,10-11,20H,8-9H2,1-3H3,(H,22,23)/b17-10+. The highest BCUT2D eigenvalue weighted by Gasteiger charge is 2.14. The van der Waals surface area contributed by atoms with E-state index >= 15 is 0 Å². The van der Waals surface area contributed by atoms with E-state index in [1.807, 2.05) is 50.4 Å². The van der Waals surface area contributed by atoms with Gasteiger partial charge in [-0.05, 0) is 55.5 Å². The molecule has 0 fully saturated rings. The van der Waals surface area contributed by atoms with Crippen molar-refractivity contribution in [2.75, 3.05) is 0 Å². The molecule has 0 saturated heterocycles. The smallest absolute Gasteiger partial charge is 0.303 e. The summed E-state index contributed by atoms with van der Waals surface area (Å²) in [6.07, 6.45) is 4.18. The number of carbonyl (C=O) groups is 2. The van der Waals surface area contributed by atoms with Gasteiger partial charge in [0, 0.05) is 23.9 Å². The van der Waals surface area contributed by atoms with Gasteiger partial charge in [0.25, 0.3) is 0 Å². The Balaban J connectivity index is 2.47. The van der Waals surface area contributed by atoms with Crippen molar-refractivity contribution < 1.29 is 14.7 Å². The number of nitrogens with one attached hydrogen (secondary N) is 1. The van der Waals surface area contributed by atoms with Gasteiger partial charge >= 0.3 is 5.97 Å². The van der Waals surface area contributed by atoms with Crippen LogP contribution in [-0.2, 0) is 16.0 Å². The van der Waals surface area contributed by atoms with Crippen molar-refractivity contribution >= 4 is 23.4 Å². The third-order valence-corrected chi connectivity index (χ3v) is 3.94. The van der Waals surface area contributed by atoms with Crippen molar-refractivity contribution in [1.29, 1.82) is 0 Å². The molecule has 0 aliphatic rings. The van der Waals surface area contributed by atoms with Crippen LogP contribution < -0.4 is 0 Å². The molecule has 120 valence electrons. The van der Waals surface area contributed by atoms with E-state index in [0.29, 0.717) is 12.0 Å². The Morgan fingerprint density at radius 1 is 1.17 bits per heavy atom. The number of aromatic amines is 1. The quantitative estimate of drug-likeness (QED) is 0.798. The first-order valence-corrected chi connectivity index (χ1v) is 7.57. The zero-order valence-corrected chi connectivity index (χ0v) is 13.6. The van der Waals surface area contributed by atoms with Gasteiger partial charge in [-0.3, -0.25) is 9.59 Å². The number of H-pyrrole nitrogens is 1. The number of ketones is 1. The van der Waals surface area contributed by atoms with Gasteiger partial charge < -0.3 is 10.1 Å². The summed E-state index contributed by atoms with van der Waals surface area (Å²) in [6, 6.07) is 7.74. The van der Waals surface area contributed by atoms with Crippen LogP contribution in [0, 0.1) is 13.8 Å². The van der Waals surface area contributed by atoms with Crippen LogP contribution in [0.1, 0.15) is 41.3 Å². The Morgan fingerprint density at radius 2 is 1.87 bits per heavy atom. The molecule has 1 heterocycles. The fraction of sp³-hybridized carbons (Fsp3) is 0.263. The summed E-state index contributed by atoms with van der Waals surface area (Å²) in [4.78, 5) is 26.1. The number of hydrogen-bond donors (Lipinski definition) is 2. The molecule has 0 aliphatic carbocycles. The van der Waals surface area contributed by atoms with E-state index in [1.165, 1.54) is 0 Å². The number of carbonyl (C=O) groups excluding carboxylic acids is 1. The van der Waals surface area contributed by atoms with Crippen LogP contribution in [-0.4, -0.2) is 21.8 Å². The second-order valence-electron chi connectivity index (χ2n) is 5.69. The first kappa shape index (κ1) is 16.7. The number of Topliss-reactive ketones (excluding diaryl/α,β-unsaturated/α-hetero) is 1. The molecule has 0 saturated carbocycles. The lowest BCUT2D eigenvalue weighted by Gasteiger charge is -2.09. The molecule has 0 unspecified atom stereocenters. The number of allylic oxidation sites excluding steroid dienone is 1. The predicted octanol–water partition coefficient (Wildman–Crippen LogP) is 3.78. The lowest BCUT2D eigenvalue weighted by atomic mass is 9.95. The maximum absolute atomic E-state index is 12.1. The average molecular weight is 311 g/mol. The van der Waals surface area contributed by atoms with Gasteiger partial charge in [-0.15, -0.1) is 0 Å². The molecule has 4 heteroatoms. The first-order valence-electron chi connectivity index (χ1n) is 7.57. The van der Waals surface area contributed by atoms with E-state index < -0.39 is 5.97 Å². The van der Waals surface area contributed by atoms with E-state index in [0.717, 1.165) is 27.9 Å². The number of carboxylic acids is 1. The number of carboxylic acid groups (broad SMARTS) is 1. The highest BCUT2D eigenvalue weighted by molar-refractivity contribution is 6.24. The third-order valence-electron chi connectivity index (χ3n) is 3.94. The van der Waals surface area contributed by atoms with Crippen LogP contribution in [0.15, 0.2) is 30.5 Å². The van der Waals surface area contributed by atoms with Crippen LogP contribution in [0.2, 0.25) is 0 Å². The summed E-state index contributed by atoms with van der Waals surface area (Å²) >= 11 is 0. The highest BCUT2D eigenvalue weighted by Crippen LogP contribution is 2.25. The van der Waals surface area contributed by atoms with Gasteiger partial charge in [0.2, 0.25) is 0 Å². The molecule has 23 heavy (non-hydrogen) atoms. The molecule has 2 rings (SSSR count). The minimum absolute atomic E-state index is 0.0178. The molecule has 2 aromatic rings. The second-order valence-corrected chi connectivity index (χ2v) is 5.69. The van der Waals surface area contributed by atoms with E-state index in [-0.39, 0.29) is 12.2 Å². The Hall–Kier alpha value is -2.62. The van der Waals surface area contributed by atoms with Crippen LogP contribution >= 0.6 is 0 Å². The molecule has 1 aromatic heterocycles. The summed E-state index contributed by atoms with van der Waals surface area (Å²) in [5.41, 5.74) is 5.31. The largest absolute Gasteiger partial charge is 0.481 e. The van der Waals surface area contributed by atoms with Gasteiger partial charge in [0.15, 0.2) is 5.78 Å². The summed E-state index contributed by atoms with van der Waals surface area (Å²) < 4.78 is 0. The van der Waals surface area contributed by atoms with Gasteiger partial charge in [0.05, 0.1) is 0 Å². The zero-order chi connectivity index (χ0) is 17.0. The Morgan fingerprint density at radius 3 is 2.48 bits per heavy atom. The van der Waals surface area contributed by atoms with Crippen LogP contribution in [0.25, 0.3) is 11.6 Å². The van der Waals surface area contributed by atoms with Crippen LogP contribution in [0.5, 0.6) is 0 Å². The lowest BCUT2D eigenvalue weighted by molar-refractivity contribution is -0.137.